The Bertz CT molecular complexity index is 386. The minimum Gasteiger partial charge on any atom is -0.478 e. The van der Waals surface area contributed by atoms with Crippen molar-refractivity contribution < 1.29 is 9.90 Å². The number of rotatable bonds is 2. The molecule has 0 aliphatic heterocycles. The molecule has 0 radical (unpaired) electrons. The third kappa shape index (κ3) is 2.20. The molecule has 4 heteroatoms. The normalized spacial score (nSPS) is 16.9. The Morgan fingerprint density at radius 2 is 2.13 bits per heavy atom. The predicted octanol–water partition coefficient (Wildman–Crippen LogP) is 3.20. The second kappa shape index (κ2) is 4.31. The zero-order valence-electron chi connectivity index (χ0n) is 8.24. The van der Waals surface area contributed by atoms with Gasteiger partial charge in [0.2, 0.25) is 0 Å². The van der Waals surface area contributed by atoms with Crippen molar-refractivity contribution in [3.8, 4) is 0 Å². The Morgan fingerprint density at radius 1 is 1.47 bits per heavy atom. The van der Waals surface area contributed by atoms with Gasteiger partial charge in [0.25, 0.3) is 0 Å². The van der Waals surface area contributed by atoms with Gasteiger partial charge in [0.15, 0.2) is 0 Å². The van der Waals surface area contributed by atoms with Crippen molar-refractivity contribution in [1.29, 1.82) is 0 Å². The van der Waals surface area contributed by atoms with Gasteiger partial charge in [0.1, 0.15) is 0 Å². The summed E-state index contributed by atoms with van der Waals surface area (Å²) in [5.74, 6) is -0.427. The van der Waals surface area contributed by atoms with Crippen molar-refractivity contribution in [2.75, 3.05) is 0 Å². The van der Waals surface area contributed by atoms with Gasteiger partial charge in [-0.1, -0.05) is 12.8 Å². The molecule has 1 aromatic rings. The maximum absolute atomic E-state index is 10.7. The molecule has 1 aliphatic carbocycles. The third-order valence-corrected chi connectivity index (χ3v) is 3.49. The summed E-state index contributed by atoms with van der Waals surface area (Å²) in [6, 6.07) is 1.64. The molecule has 15 heavy (non-hydrogen) atoms. The minimum atomic E-state index is -0.929. The summed E-state index contributed by atoms with van der Waals surface area (Å²) in [6.45, 7) is 0. The number of pyridine rings is 1. The summed E-state index contributed by atoms with van der Waals surface area (Å²) >= 11 is 3.40. The molecule has 0 bridgehead atoms. The van der Waals surface area contributed by atoms with Gasteiger partial charge in [-0.15, -0.1) is 0 Å². The number of hydrogen-bond acceptors (Lipinski definition) is 2. The van der Waals surface area contributed by atoms with E-state index in [0.717, 1.165) is 23.0 Å². The van der Waals surface area contributed by atoms with E-state index in [2.05, 4.69) is 20.9 Å². The molecule has 0 aromatic carbocycles. The zero-order chi connectivity index (χ0) is 10.8. The van der Waals surface area contributed by atoms with Gasteiger partial charge < -0.3 is 5.11 Å². The molecule has 1 heterocycles. The highest BCUT2D eigenvalue weighted by Gasteiger charge is 2.21. The smallest absolute Gasteiger partial charge is 0.337 e. The van der Waals surface area contributed by atoms with E-state index < -0.39 is 5.97 Å². The van der Waals surface area contributed by atoms with E-state index in [0.29, 0.717) is 5.92 Å². The highest BCUT2D eigenvalue weighted by Crippen LogP contribution is 2.36. The molecule has 3 nitrogen and oxygen atoms in total. The van der Waals surface area contributed by atoms with Crippen LogP contribution >= 0.6 is 15.9 Å². The van der Waals surface area contributed by atoms with Crippen LogP contribution in [0.5, 0.6) is 0 Å². The fourth-order valence-corrected chi connectivity index (χ4v) is 2.74. The minimum absolute atomic E-state index is 0.239. The largest absolute Gasteiger partial charge is 0.478 e. The number of carboxylic acids is 1. The van der Waals surface area contributed by atoms with E-state index >= 15 is 0 Å². The Kier molecular flexibility index (Phi) is 3.05. The molecule has 0 atom stereocenters. The fourth-order valence-electron chi connectivity index (χ4n) is 2.07. The first-order valence-corrected chi connectivity index (χ1v) is 5.86. The van der Waals surface area contributed by atoms with Gasteiger partial charge in [-0.25, -0.2) is 4.79 Å². The van der Waals surface area contributed by atoms with E-state index in [1.165, 1.54) is 19.0 Å². The highest BCUT2D eigenvalue weighted by atomic mass is 79.9. The van der Waals surface area contributed by atoms with Crippen molar-refractivity contribution in [1.82, 2.24) is 4.98 Å². The second-order valence-electron chi connectivity index (χ2n) is 3.88. The Morgan fingerprint density at radius 3 is 2.67 bits per heavy atom. The van der Waals surface area contributed by atoms with E-state index in [9.17, 15) is 4.79 Å². The van der Waals surface area contributed by atoms with Crippen LogP contribution in [0, 0.1) is 0 Å². The molecule has 1 aliphatic rings. The standard InChI is InChI=1S/C11H12BrNO2/c12-9-5-8(11(14)15)6-13-10(9)7-3-1-2-4-7/h5-7H,1-4H2,(H,14,15). The summed E-state index contributed by atoms with van der Waals surface area (Å²) in [4.78, 5) is 15.0. The molecular formula is C11H12BrNO2. The van der Waals surface area contributed by atoms with E-state index in [1.54, 1.807) is 6.07 Å². The van der Waals surface area contributed by atoms with E-state index in [-0.39, 0.29) is 5.56 Å². The Balaban J connectivity index is 2.29. The zero-order valence-corrected chi connectivity index (χ0v) is 9.83. The average Bonchev–Trinajstić information content (AvgIpc) is 2.70. The lowest BCUT2D eigenvalue weighted by Gasteiger charge is -2.10. The number of aromatic nitrogens is 1. The number of halogens is 1. The molecule has 2 rings (SSSR count). The average molecular weight is 270 g/mol. The molecule has 1 saturated carbocycles. The number of hydrogen-bond donors (Lipinski definition) is 1. The predicted molar refractivity (Wildman–Crippen MR) is 60.1 cm³/mol. The molecule has 0 saturated heterocycles. The van der Waals surface area contributed by atoms with Gasteiger partial charge in [-0.05, 0) is 34.8 Å². The summed E-state index contributed by atoms with van der Waals surface area (Å²) in [7, 11) is 0. The molecule has 1 aromatic heterocycles. The number of nitrogens with zero attached hydrogens (tertiary/aromatic N) is 1. The lowest BCUT2D eigenvalue weighted by molar-refractivity contribution is 0.0696. The Labute approximate surface area is 96.7 Å². The van der Waals surface area contributed by atoms with Crippen LogP contribution in [-0.4, -0.2) is 16.1 Å². The number of aromatic carboxylic acids is 1. The first-order chi connectivity index (χ1) is 7.18. The van der Waals surface area contributed by atoms with Crippen LogP contribution in [-0.2, 0) is 0 Å². The summed E-state index contributed by atoms with van der Waals surface area (Å²) in [5, 5.41) is 8.80. The molecule has 0 amide bonds. The second-order valence-corrected chi connectivity index (χ2v) is 4.73. The molecular weight excluding hydrogens is 258 g/mol. The molecule has 0 spiro atoms. The number of carboxylic acid groups (broad SMARTS) is 1. The van der Waals surface area contributed by atoms with Crippen LogP contribution in [0.15, 0.2) is 16.7 Å². The Hall–Kier alpha value is -0.900. The lowest BCUT2D eigenvalue weighted by Crippen LogP contribution is -2.02. The first kappa shape index (κ1) is 10.6. The monoisotopic (exact) mass is 269 g/mol. The molecule has 80 valence electrons. The van der Waals surface area contributed by atoms with Crippen LogP contribution in [0.1, 0.15) is 47.7 Å². The van der Waals surface area contributed by atoms with Gasteiger partial charge in [0.05, 0.1) is 11.3 Å². The van der Waals surface area contributed by atoms with Crippen molar-refractivity contribution in [3.05, 3.63) is 28.0 Å². The SMILES string of the molecule is O=C(O)c1cnc(C2CCCC2)c(Br)c1. The summed E-state index contributed by atoms with van der Waals surface area (Å²) in [5.41, 5.74) is 1.25. The van der Waals surface area contributed by atoms with Crippen molar-refractivity contribution in [3.63, 3.8) is 0 Å². The highest BCUT2D eigenvalue weighted by molar-refractivity contribution is 9.10. The summed E-state index contributed by atoms with van der Waals surface area (Å²) in [6.07, 6.45) is 6.27. The van der Waals surface area contributed by atoms with Gasteiger partial charge in [-0.3, -0.25) is 4.98 Å². The molecule has 1 fully saturated rings. The van der Waals surface area contributed by atoms with Gasteiger partial charge in [0, 0.05) is 16.6 Å². The maximum Gasteiger partial charge on any atom is 0.337 e. The van der Waals surface area contributed by atoms with Crippen molar-refractivity contribution >= 4 is 21.9 Å². The van der Waals surface area contributed by atoms with Gasteiger partial charge >= 0.3 is 5.97 Å². The van der Waals surface area contributed by atoms with Crippen LogP contribution in [0.2, 0.25) is 0 Å². The van der Waals surface area contributed by atoms with Crippen LogP contribution in [0.3, 0.4) is 0 Å². The summed E-state index contributed by atoms with van der Waals surface area (Å²) < 4.78 is 0.828. The van der Waals surface area contributed by atoms with E-state index in [1.807, 2.05) is 0 Å². The first-order valence-electron chi connectivity index (χ1n) is 5.07. The van der Waals surface area contributed by atoms with E-state index in [4.69, 9.17) is 5.11 Å². The van der Waals surface area contributed by atoms with Crippen molar-refractivity contribution in [2.45, 2.75) is 31.6 Å². The fraction of sp³-hybridized carbons (Fsp3) is 0.455. The van der Waals surface area contributed by atoms with Crippen LogP contribution in [0.4, 0.5) is 0 Å². The lowest BCUT2D eigenvalue weighted by atomic mass is 10.0. The number of carbonyl (C=O) groups is 1. The maximum atomic E-state index is 10.7. The third-order valence-electron chi connectivity index (χ3n) is 2.86. The molecule has 0 unspecified atom stereocenters. The van der Waals surface area contributed by atoms with Crippen molar-refractivity contribution in [2.24, 2.45) is 0 Å². The topological polar surface area (TPSA) is 50.2 Å². The quantitative estimate of drug-likeness (QED) is 0.897. The van der Waals surface area contributed by atoms with Crippen LogP contribution in [0.25, 0.3) is 0 Å². The van der Waals surface area contributed by atoms with Crippen LogP contribution < -0.4 is 0 Å². The van der Waals surface area contributed by atoms with Gasteiger partial charge in [-0.2, -0.15) is 0 Å². The molecule has 1 N–H and O–H groups in total.